The summed E-state index contributed by atoms with van der Waals surface area (Å²) >= 11 is 0. The van der Waals surface area contributed by atoms with Gasteiger partial charge in [-0.3, -0.25) is 4.79 Å². The van der Waals surface area contributed by atoms with Gasteiger partial charge in [-0.1, -0.05) is 72.6 Å². The van der Waals surface area contributed by atoms with E-state index in [2.05, 4.69) is 44.3 Å². The Morgan fingerprint density at radius 3 is 2.07 bits per heavy atom. The first-order valence-corrected chi connectivity index (χ1v) is 10.1. The lowest BCUT2D eigenvalue weighted by Crippen LogP contribution is -2.13. The smallest absolute Gasteiger partial charge is 0.266 e. The third-order valence-corrected chi connectivity index (χ3v) is 4.97. The van der Waals surface area contributed by atoms with E-state index in [1.54, 1.807) is 6.08 Å². The van der Waals surface area contributed by atoms with Gasteiger partial charge >= 0.3 is 0 Å². The van der Waals surface area contributed by atoms with Crippen molar-refractivity contribution in [3.8, 4) is 6.07 Å². The van der Waals surface area contributed by atoms with Crippen molar-refractivity contribution >= 4 is 17.7 Å². The highest BCUT2D eigenvalue weighted by molar-refractivity contribution is 6.09. The van der Waals surface area contributed by atoms with Crippen molar-refractivity contribution in [2.24, 2.45) is 0 Å². The van der Waals surface area contributed by atoms with Gasteiger partial charge in [-0.05, 0) is 67.2 Å². The lowest BCUT2D eigenvalue weighted by atomic mass is 9.99. The molecular formula is C27H26N2O. The van der Waals surface area contributed by atoms with Crippen LogP contribution in [0.5, 0.6) is 0 Å². The van der Waals surface area contributed by atoms with Crippen LogP contribution < -0.4 is 5.32 Å². The fraction of sp³-hybridized carbons (Fsp3) is 0.185. The number of carbonyl (C=O) groups excluding carboxylic acids is 1. The molecule has 0 aliphatic rings. The number of benzene rings is 3. The molecule has 3 aromatic carbocycles. The van der Waals surface area contributed by atoms with Crippen molar-refractivity contribution in [3.05, 3.63) is 106 Å². The van der Waals surface area contributed by atoms with Crippen LogP contribution in [-0.2, 0) is 17.6 Å². The zero-order chi connectivity index (χ0) is 21.5. The van der Waals surface area contributed by atoms with Crippen molar-refractivity contribution in [2.45, 2.75) is 33.6 Å². The van der Waals surface area contributed by atoms with E-state index in [4.69, 9.17) is 0 Å². The van der Waals surface area contributed by atoms with Crippen LogP contribution in [0.1, 0.15) is 40.3 Å². The summed E-state index contributed by atoms with van der Waals surface area (Å²) < 4.78 is 0. The first kappa shape index (κ1) is 21.1. The van der Waals surface area contributed by atoms with Crippen LogP contribution in [-0.4, -0.2) is 5.91 Å². The Bertz CT molecular complexity index is 1080. The van der Waals surface area contributed by atoms with Crippen molar-refractivity contribution in [1.29, 1.82) is 5.26 Å². The highest BCUT2D eigenvalue weighted by Crippen LogP contribution is 2.17. The predicted octanol–water partition coefficient (Wildman–Crippen LogP) is 6.00. The summed E-state index contributed by atoms with van der Waals surface area (Å²) in [6, 6.07) is 24.2. The van der Waals surface area contributed by atoms with E-state index in [1.807, 2.05) is 54.6 Å². The molecule has 0 aliphatic heterocycles. The Kier molecular flexibility index (Phi) is 6.83. The molecule has 3 rings (SSSR count). The second-order valence-electron chi connectivity index (χ2n) is 7.59. The molecular weight excluding hydrogens is 368 g/mol. The monoisotopic (exact) mass is 394 g/mol. The molecule has 0 saturated heterocycles. The van der Waals surface area contributed by atoms with Gasteiger partial charge in [0.15, 0.2) is 0 Å². The van der Waals surface area contributed by atoms with Gasteiger partial charge in [-0.15, -0.1) is 0 Å². The van der Waals surface area contributed by atoms with Crippen LogP contribution in [0.15, 0.2) is 72.3 Å². The second kappa shape index (κ2) is 9.71. The summed E-state index contributed by atoms with van der Waals surface area (Å²) in [5.74, 6) is -0.402. The van der Waals surface area contributed by atoms with Gasteiger partial charge in [0.05, 0.1) is 0 Å². The molecule has 3 heteroatoms. The number of hydrogen-bond donors (Lipinski definition) is 1. The van der Waals surface area contributed by atoms with Crippen LogP contribution in [0.3, 0.4) is 0 Å². The summed E-state index contributed by atoms with van der Waals surface area (Å²) in [6.07, 6.45) is 3.42. The average Bonchev–Trinajstić information content (AvgIpc) is 2.73. The van der Waals surface area contributed by atoms with Crippen LogP contribution in [0.25, 0.3) is 6.08 Å². The van der Waals surface area contributed by atoms with E-state index >= 15 is 0 Å². The van der Waals surface area contributed by atoms with E-state index in [1.165, 1.54) is 27.8 Å². The molecule has 0 spiro atoms. The minimum atomic E-state index is -0.402. The fourth-order valence-corrected chi connectivity index (χ4v) is 3.48. The molecule has 0 fully saturated rings. The third kappa shape index (κ3) is 5.68. The van der Waals surface area contributed by atoms with Gasteiger partial charge in [0, 0.05) is 5.69 Å². The van der Waals surface area contributed by atoms with Crippen LogP contribution in [0, 0.1) is 25.2 Å². The summed E-state index contributed by atoms with van der Waals surface area (Å²) in [5, 5.41) is 12.2. The summed E-state index contributed by atoms with van der Waals surface area (Å²) in [5.41, 5.74) is 7.78. The first-order valence-electron chi connectivity index (χ1n) is 10.1. The summed E-state index contributed by atoms with van der Waals surface area (Å²) in [4.78, 5) is 12.5. The number of nitrogens with zero attached hydrogens (tertiary/aromatic N) is 1. The summed E-state index contributed by atoms with van der Waals surface area (Å²) in [6.45, 7) is 6.30. The molecule has 1 N–H and O–H groups in total. The third-order valence-electron chi connectivity index (χ3n) is 4.97. The number of aryl methyl sites for hydroxylation is 3. The molecule has 0 bridgehead atoms. The highest BCUT2D eigenvalue weighted by atomic mass is 16.1. The second-order valence-corrected chi connectivity index (χ2v) is 7.59. The van der Waals surface area contributed by atoms with E-state index < -0.39 is 5.91 Å². The zero-order valence-corrected chi connectivity index (χ0v) is 17.7. The van der Waals surface area contributed by atoms with Gasteiger partial charge in [0.2, 0.25) is 0 Å². The molecule has 1 amide bonds. The molecule has 0 atom stereocenters. The number of amides is 1. The van der Waals surface area contributed by atoms with Crippen LogP contribution >= 0.6 is 0 Å². The average molecular weight is 395 g/mol. The number of carbonyl (C=O) groups is 1. The van der Waals surface area contributed by atoms with Crippen molar-refractivity contribution in [2.75, 3.05) is 5.32 Å². The number of hydrogen-bond acceptors (Lipinski definition) is 2. The van der Waals surface area contributed by atoms with Crippen molar-refractivity contribution in [1.82, 2.24) is 0 Å². The van der Waals surface area contributed by atoms with Gasteiger partial charge < -0.3 is 5.32 Å². The highest BCUT2D eigenvalue weighted by Gasteiger charge is 2.09. The van der Waals surface area contributed by atoms with Crippen LogP contribution in [0.4, 0.5) is 5.69 Å². The lowest BCUT2D eigenvalue weighted by Gasteiger charge is -2.07. The molecule has 0 aliphatic carbocycles. The minimum absolute atomic E-state index is 0.0802. The normalized spacial score (nSPS) is 11.1. The number of anilines is 1. The molecule has 0 unspecified atom stereocenters. The Hall–Kier alpha value is -3.64. The molecule has 0 aromatic heterocycles. The molecule has 0 saturated carbocycles. The Morgan fingerprint density at radius 1 is 0.900 bits per heavy atom. The predicted molar refractivity (Wildman–Crippen MR) is 123 cm³/mol. The Morgan fingerprint density at radius 2 is 1.50 bits per heavy atom. The molecule has 30 heavy (non-hydrogen) atoms. The van der Waals surface area contributed by atoms with E-state index in [0.29, 0.717) is 5.69 Å². The van der Waals surface area contributed by atoms with Gasteiger partial charge in [-0.2, -0.15) is 5.26 Å². The Labute approximate surface area is 178 Å². The topological polar surface area (TPSA) is 52.9 Å². The maximum absolute atomic E-state index is 12.5. The summed E-state index contributed by atoms with van der Waals surface area (Å²) in [7, 11) is 0. The molecule has 0 heterocycles. The number of nitrogens with one attached hydrogen (secondary N) is 1. The largest absolute Gasteiger partial charge is 0.321 e. The van der Waals surface area contributed by atoms with E-state index in [-0.39, 0.29) is 5.57 Å². The van der Waals surface area contributed by atoms with Gasteiger partial charge in [0.1, 0.15) is 11.6 Å². The Balaban J connectivity index is 1.70. The molecule has 150 valence electrons. The minimum Gasteiger partial charge on any atom is -0.321 e. The maximum Gasteiger partial charge on any atom is 0.266 e. The zero-order valence-electron chi connectivity index (χ0n) is 17.7. The number of nitriles is 1. The molecule has 0 radical (unpaired) electrons. The first-order chi connectivity index (χ1) is 14.5. The van der Waals surface area contributed by atoms with Crippen molar-refractivity contribution in [3.63, 3.8) is 0 Å². The van der Waals surface area contributed by atoms with Crippen LogP contribution in [0.2, 0.25) is 0 Å². The van der Waals surface area contributed by atoms with E-state index in [0.717, 1.165) is 18.4 Å². The lowest BCUT2D eigenvalue weighted by molar-refractivity contribution is -0.112. The van der Waals surface area contributed by atoms with Gasteiger partial charge in [0.25, 0.3) is 5.91 Å². The quantitative estimate of drug-likeness (QED) is 0.412. The van der Waals surface area contributed by atoms with E-state index in [9.17, 15) is 10.1 Å². The van der Waals surface area contributed by atoms with Gasteiger partial charge in [-0.25, -0.2) is 0 Å². The fourth-order valence-electron chi connectivity index (χ4n) is 3.48. The number of rotatable bonds is 6. The molecule has 3 aromatic rings. The van der Waals surface area contributed by atoms with Crippen molar-refractivity contribution < 1.29 is 4.79 Å². The SMILES string of the molecule is CCc1ccc(NC(=O)/C(C#N)=C/c2ccc(Cc3cc(C)cc(C)c3)cc2)cc1. The standard InChI is InChI=1S/C27H26N2O/c1-4-21-9-11-26(12-10-21)29-27(30)25(18-28)17-23-7-5-22(6-8-23)16-24-14-19(2)13-20(3)15-24/h5-15,17H,4,16H2,1-3H3,(H,29,30)/b25-17+. The maximum atomic E-state index is 12.5. The molecule has 3 nitrogen and oxygen atoms in total.